The molecule has 4 nitrogen and oxygen atoms in total. The van der Waals surface area contributed by atoms with Crippen molar-refractivity contribution >= 4 is 5.97 Å². The van der Waals surface area contributed by atoms with E-state index in [0.717, 1.165) is 6.42 Å². The van der Waals surface area contributed by atoms with Crippen LogP contribution in [0.15, 0.2) is 0 Å². The van der Waals surface area contributed by atoms with Crippen molar-refractivity contribution in [2.45, 2.75) is 32.2 Å². The summed E-state index contributed by atoms with van der Waals surface area (Å²) in [5.41, 5.74) is -0.284. The lowest BCUT2D eigenvalue weighted by Gasteiger charge is -2.26. The molecule has 2 N–H and O–H groups in total. The first-order valence-electron chi connectivity index (χ1n) is 4.50. The fraction of sp³-hybridized carbons (Fsp3) is 0.889. The summed E-state index contributed by atoms with van der Waals surface area (Å²) in [6, 6.07) is 0. The first kappa shape index (κ1) is 12.4. The predicted molar refractivity (Wildman–Crippen MR) is 50.4 cm³/mol. The van der Waals surface area contributed by atoms with Gasteiger partial charge in [0.1, 0.15) is 0 Å². The Hall–Kier alpha value is -0.610. The van der Waals surface area contributed by atoms with E-state index in [0.29, 0.717) is 13.0 Å². The van der Waals surface area contributed by atoms with Crippen LogP contribution in [-0.2, 0) is 9.53 Å². The average Bonchev–Trinajstić information content (AvgIpc) is 2.17. The van der Waals surface area contributed by atoms with Gasteiger partial charge in [-0.1, -0.05) is 6.92 Å². The summed E-state index contributed by atoms with van der Waals surface area (Å²) < 4.78 is 4.49. The van der Waals surface area contributed by atoms with E-state index in [9.17, 15) is 4.79 Å². The highest BCUT2D eigenvalue weighted by atomic mass is 16.5. The van der Waals surface area contributed by atoms with Gasteiger partial charge in [-0.15, -0.1) is 0 Å². The normalized spacial score (nSPS) is 15.1. The second-order valence-electron chi connectivity index (χ2n) is 3.33. The zero-order valence-corrected chi connectivity index (χ0v) is 8.59. The largest absolute Gasteiger partial charge is 0.469 e. The minimum Gasteiger partial charge on any atom is -0.469 e. The van der Waals surface area contributed by atoms with E-state index < -0.39 is 0 Å². The first-order chi connectivity index (χ1) is 6.08. The maximum Gasteiger partial charge on any atom is 0.306 e. The number of carbonyl (C=O) groups excluding carboxylic acids is 1. The zero-order chi connectivity index (χ0) is 10.3. The highest BCUT2D eigenvalue weighted by Gasteiger charge is 2.19. The summed E-state index contributed by atoms with van der Waals surface area (Å²) in [4.78, 5) is 10.7. The van der Waals surface area contributed by atoms with E-state index in [2.05, 4.69) is 10.1 Å². The van der Waals surface area contributed by atoms with Crippen LogP contribution in [0, 0.1) is 0 Å². The van der Waals surface area contributed by atoms with E-state index in [1.807, 2.05) is 13.8 Å². The second kappa shape index (κ2) is 5.94. The van der Waals surface area contributed by atoms with Crippen LogP contribution in [0.2, 0.25) is 0 Å². The summed E-state index contributed by atoms with van der Waals surface area (Å²) in [5.74, 6) is -0.233. The highest BCUT2D eigenvalue weighted by molar-refractivity contribution is 5.69. The van der Waals surface area contributed by atoms with Gasteiger partial charge in [-0.2, -0.15) is 0 Å². The van der Waals surface area contributed by atoms with E-state index in [1.165, 1.54) is 7.11 Å². The van der Waals surface area contributed by atoms with Gasteiger partial charge in [0.05, 0.1) is 20.1 Å². The quantitative estimate of drug-likeness (QED) is 0.590. The van der Waals surface area contributed by atoms with Gasteiger partial charge in [0.15, 0.2) is 0 Å². The average molecular weight is 189 g/mol. The van der Waals surface area contributed by atoms with Crippen molar-refractivity contribution in [2.24, 2.45) is 0 Å². The molecule has 0 saturated heterocycles. The predicted octanol–water partition coefficient (Wildman–Crippen LogP) is 0.300. The Morgan fingerprint density at radius 3 is 2.62 bits per heavy atom. The van der Waals surface area contributed by atoms with E-state index in [1.54, 1.807) is 0 Å². The summed E-state index contributed by atoms with van der Waals surface area (Å²) in [7, 11) is 1.37. The molecule has 4 heteroatoms. The number of rotatable bonds is 6. The number of hydrogen-bond acceptors (Lipinski definition) is 4. The second-order valence-corrected chi connectivity index (χ2v) is 3.33. The molecule has 0 spiro atoms. The number of aliphatic hydroxyl groups excluding tert-OH is 1. The molecule has 0 aliphatic heterocycles. The van der Waals surface area contributed by atoms with Crippen molar-refractivity contribution in [3.05, 3.63) is 0 Å². The maximum absolute atomic E-state index is 10.7. The van der Waals surface area contributed by atoms with Gasteiger partial charge in [-0.05, 0) is 13.3 Å². The van der Waals surface area contributed by atoms with Crippen LogP contribution in [0.5, 0.6) is 0 Å². The summed E-state index contributed by atoms with van der Waals surface area (Å²) in [6.07, 6.45) is 1.16. The Bertz CT molecular complexity index is 155. The molecule has 78 valence electrons. The fourth-order valence-electron chi connectivity index (χ4n) is 0.861. The van der Waals surface area contributed by atoms with Crippen molar-refractivity contribution in [3.63, 3.8) is 0 Å². The minimum absolute atomic E-state index is 0.0741. The standard InChI is InChI=1S/C9H19NO3/c1-4-9(2,7-11)10-6-5-8(12)13-3/h10-11H,4-7H2,1-3H3. The highest BCUT2D eigenvalue weighted by Crippen LogP contribution is 2.06. The lowest BCUT2D eigenvalue weighted by atomic mass is 10.0. The third-order valence-electron chi connectivity index (χ3n) is 2.24. The number of hydrogen-bond donors (Lipinski definition) is 2. The molecule has 0 saturated carbocycles. The number of aliphatic hydroxyl groups is 1. The van der Waals surface area contributed by atoms with Gasteiger partial charge in [-0.25, -0.2) is 0 Å². The zero-order valence-electron chi connectivity index (χ0n) is 8.59. The number of methoxy groups -OCH3 is 1. The Kier molecular flexibility index (Phi) is 5.66. The van der Waals surface area contributed by atoms with E-state index in [-0.39, 0.29) is 18.1 Å². The smallest absolute Gasteiger partial charge is 0.306 e. The molecular formula is C9H19NO3. The van der Waals surface area contributed by atoms with Crippen molar-refractivity contribution in [3.8, 4) is 0 Å². The number of ether oxygens (including phenoxy) is 1. The molecule has 0 radical (unpaired) electrons. The fourth-order valence-corrected chi connectivity index (χ4v) is 0.861. The van der Waals surface area contributed by atoms with Crippen LogP contribution in [0.25, 0.3) is 0 Å². The molecule has 0 rings (SSSR count). The van der Waals surface area contributed by atoms with Crippen LogP contribution < -0.4 is 5.32 Å². The van der Waals surface area contributed by atoms with E-state index in [4.69, 9.17) is 5.11 Å². The molecular weight excluding hydrogens is 170 g/mol. The summed E-state index contributed by atoms with van der Waals surface area (Å²) in [5, 5.41) is 12.1. The van der Waals surface area contributed by atoms with E-state index >= 15 is 0 Å². The molecule has 0 amide bonds. The Morgan fingerprint density at radius 2 is 2.23 bits per heavy atom. The van der Waals surface area contributed by atoms with Gasteiger partial charge in [0.2, 0.25) is 0 Å². The monoisotopic (exact) mass is 189 g/mol. The van der Waals surface area contributed by atoms with Crippen LogP contribution >= 0.6 is 0 Å². The first-order valence-corrected chi connectivity index (χ1v) is 4.50. The minimum atomic E-state index is -0.284. The van der Waals surface area contributed by atoms with Gasteiger partial charge in [0, 0.05) is 12.1 Å². The SMILES string of the molecule is CCC(C)(CO)NCCC(=O)OC. The lowest BCUT2D eigenvalue weighted by Crippen LogP contribution is -2.45. The summed E-state index contributed by atoms with van der Waals surface area (Å²) in [6.45, 7) is 4.52. The molecule has 0 aliphatic rings. The number of carbonyl (C=O) groups is 1. The molecule has 0 fully saturated rings. The molecule has 0 aromatic rings. The van der Waals surface area contributed by atoms with Crippen LogP contribution in [-0.4, -0.2) is 36.9 Å². The molecule has 0 aromatic carbocycles. The Labute approximate surface area is 79.3 Å². The summed E-state index contributed by atoms with van der Waals surface area (Å²) >= 11 is 0. The Balaban J connectivity index is 3.67. The molecule has 0 bridgehead atoms. The van der Waals surface area contributed by atoms with Crippen molar-refractivity contribution in [1.29, 1.82) is 0 Å². The maximum atomic E-state index is 10.7. The van der Waals surface area contributed by atoms with Crippen molar-refractivity contribution < 1.29 is 14.6 Å². The Morgan fingerprint density at radius 1 is 1.62 bits per heavy atom. The van der Waals surface area contributed by atoms with Gasteiger partial charge in [-0.3, -0.25) is 4.79 Å². The van der Waals surface area contributed by atoms with Crippen molar-refractivity contribution in [2.75, 3.05) is 20.3 Å². The molecule has 0 aromatic heterocycles. The number of nitrogens with one attached hydrogen (secondary N) is 1. The topological polar surface area (TPSA) is 58.6 Å². The van der Waals surface area contributed by atoms with Crippen LogP contribution in [0.3, 0.4) is 0 Å². The van der Waals surface area contributed by atoms with Crippen molar-refractivity contribution in [1.82, 2.24) is 5.32 Å². The van der Waals surface area contributed by atoms with Crippen LogP contribution in [0.4, 0.5) is 0 Å². The molecule has 1 unspecified atom stereocenters. The molecule has 0 heterocycles. The third-order valence-corrected chi connectivity index (χ3v) is 2.24. The lowest BCUT2D eigenvalue weighted by molar-refractivity contribution is -0.140. The van der Waals surface area contributed by atoms with Crippen LogP contribution in [0.1, 0.15) is 26.7 Å². The molecule has 1 atom stereocenters. The van der Waals surface area contributed by atoms with Gasteiger partial charge < -0.3 is 15.2 Å². The number of esters is 1. The third kappa shape index (κ3) is 4.85. The molecule has 13 heavy (non-hydrogen) atoms. The van der Waals surface area contributed by atoms with Gasteiger partial charge >= 0.3 is 5.97 Å². The molecule has 0 aliphatic carbocycles. The van der Waals surface area contributed by atoms with Gasteiger partial charge in [0.25, 0.3) is 0 Å².